The van der Waals surface area contributed by atoms with Gasteiger partial charge in [-0.1, -0.05) is 30.3 Å². The molecule has 0 aliphatic heterocycles. The number of aryl methyl sites for hydroxylation is 1. The van der Waals surface area contributed by atoms with Crippen molar-refractivity contribution in [1.82, 2.24) is 0 Å². The van der Waals surface area contributed by atoms with E-state index in [1.54, 1.807) is 24.3 Å². The monoisotopic (exact) mass is 373 g/mol. The third-order valence-electron chi connectivity index (χ3n) is 3.89. The fraction of sp³-hybridized carbons (Fsp3) is 0.100. The Kier molecular flexibility index (Phi) is 5.04. The molecule has 0 bridgehead atoms. The van der Waals surface area contributed by atoms with E-state index in [-0.39, 0.29) is 11.4 Å². The summed E-state index contributed by atoms with van der Waals surface area (Å²) in [5, 5.41) is 0. The summed E-state index contributed by atoms with van der Waals surface area (Å²) in [7, 11) is -4.03. The Hall–Kier alpha value is -2.73. The van der Waals surface area contributed by atoms with Crippen LogP contribution < -0.4 is 4.31 Å². The molecule has 134 valence electrons. The van der Waals surface area contributed by atoms with Crippen molar-refractivity contribution < 1.29 is 17.2 Å². The lowest BCUT2D eigenvalue weighted by molar-refractivity contribution is 0.585. The predicted octanol–water partition coefficient (Wildman–Crippen LogP) is 4.67. The van der Waals surface area contributed by atoms with Crippen LogP contribution in [0.5, 0.6) is 0 Å². The summed E-state index contributed by atoms with van der Waals surface area (Å²) in [6, 6.07) is 17.5. The number of nitrogens with zero attached hydrogens (tertiary/aromatic N) is 1. The number of benzene rings is 3. The third-order valence-corrected chi connectivity index (χ3v) is 5.66. The Balaban J connectivity index is 2.11. The van der Waals surface area contributed by atoms with Crippen LogP contribution in [0.2, 0.25) is 0 Å². The van der Waals surface area contributed by atoms with Gasteiger partial charge in [-0.25, -0.2) is 17.2 Å². The van der Waals surface area contributed by atoms with Gasteiger partial charge < -0.3 is 0 Å². The van der Waals surface area contributed by atoms with Crippen molar-refractivity contribution in [2.24, 2.45) is 0 Å². The van der Waals surface area contributed by atoms with E-state index in [0.717, 1.165) is 15.9 Å². The topological polar surface area (TPSA) is 37.4 Å². The van der Waals surface area contributed by atoms with Gasteiger partial charge in [-0.2, -0.15) is 0 Å². The Morgan fingerprint density at radius 2 is 1.50 bits per heavy atom. The first-order valence-electron chi connectivity index (χ1n) is 7.96. The van der Waals surface area contributed by atoms with Crippen LogP contribution in [0.15, 0.2) is 77.7 Å². The molecule has 26 heavy (non-hydrogen) atoms. The molecule has 0 atom stereocenters. The minimum absolute atomic E-state index is 0.0694. The lowest BCUT2D eigenvalue weighted by Crippen LogP contribution is -2.30. The van der Waals surface area contributed by atoms with Gasteiger partial charge in [0.1, 0.15) is 11.6 Å². The van der Waals surface area contributed by atoms with Crippen molar-refractivity contribution in [1.29, 1.82) is 0 Å². The zero-order chi connectivity index (χ0) is 18.7. The fourth-order valence-electron chi connectivity index (χ4n) is 2.65. The first kappa shape index (κ1) is 18.1. The van der Waals surface area contributed by atoms with Gasteiger partial charge in [0.05, 0.1) is 17.1 Å². The molecule has 0 aromatic heterocycles. The SMILES string of the molecule is Cc1cccc(N(Cc2cccc(F)c2)S(=O)(=O)c2cccc(F)c2)c1. The summed E-state index contributed by atoms with van der Waals surface area (Å²) < 4.78 is 54.6. The first-order chi connectivity index (χ1) is 12.4. The molecule has 0 aliphatic carbocycles. The molecule has 0 spiro atoms. The van der Waals surface area contributed by atoms with Crippen LogP contribution in [0.25, 0.3) is 0 Å². The zero-order valence-electron chi connectivity index (χ0n) is 14.1. The van der Waals surface area contributed by atoms with Gasteiger partial charge >= 0.3 is 0 Å². The predicted molar refractivity (Wildman–Crippen MR) is 97.3 cm³/mol. The van der Waals surface area contributed by atoms with Crippen molar-refractivity contribution in [3.63, 3.8) is 0 Å². The highest BCUT2D eigenvalue weighted by molar-refractivity contribution is 7.92. The summed E-state index contributed by atoms with van der Waals surface area (Å²) in [6.45, 7) is 1.78. The molecule has 3 rings (SSSR count). The average molecular weight is 373 g/mol. The minimum Gasteiger partial charge on any atom is -0.262 e. The average Bonchev–Trinajstić information content (AvgIpc) is 2.59. The highest BCUT2D eigenvalue weighted by atomic mass is 32.2. The number of halogens is 2. The van der Waals surface area contributed by atoms with E-state index in [2.05, 4.69) is 0 Å². The second kappa shape index (κ2) is 7.25. The Labute approximate surface area is 151 Å². The van der Waals surface area contributed by atoms with Crippen LogP contribution in [-0.2, 0) is 16.6 Å². The number of rotatable bonds is 5. The molecule has 0 heterocycles. The maximum absolute atomic E-state index is 13.6. The second-order valence-electron chi connectivity index (χ2n) is 5.94. The largest absolute Gasteiger partial charge is 0.264 e. The lowest BCUT2D eigenvalue weighted by atomic mass is 10.2. The summed E-state index contributed by atoms with van der Waals surface area (Å²) in [4.78, 5) is -0.157. The second-order valence-corrected chi connectivity index (χ2v) is 7.80. The molecule has 0 amide bonds. The zero-order valence-corrected chi connectivity index (χ0v) is 14.9. The van der Waals surface area contributed by atoms with Gasteiger partial charge in [0.2, 0.25) is 0 Å². The van der Waals surface area contributed by atoms with Crippen LogP contribution in [0.4, 0.5) is 14.5 Å². The van der Waals surface area contributed by atoms with Gasteiger partial charge in [0.25, 0.3) is 10.0 Å². The standard InChI is InChI=1S/C20H17F2NO2S/c1-15-5-2-9-19(11-15)23(14-16-6-3-7-17(21)12-16)26(24,25)20-10-4-8-18(22)13-20/h2-13H,14H2,1H3. The molecule has 0 fully saturated rings. The van der Waals surface area contributed by atoms with E-state index in [4.69, 9.17) is 0 Å². The number of hydrogen-bond acceptors (Lipinski definition) is 2. The molecule has 0 unspecified atom stereocenters. The molecule has 0 saturated carbocycles. The van der Waals surface area contributed by atoms with Crippen molar-refractivity contribution in [2.75, 3.05) is 4.31 Å². The maximum atomic E-state index is 13.6. The van der Waals surface area contributed by atoms with E-state index < -0.39 is 21.7 Å². The van der Waals surface area contributed by atoms with Crippen molar-refractivity contribution in [2.45, 2.75) is 18.4 Å². The van der Waals surface area contributed by atoms with Crippen LogP contribution in [0.1, 0.15) is 11.1 Å². The molecule has 3 aromatic carbocycles. The van der Waals surface area contributed by atoms with Gasteiger partial charge in [-0.05, 0) is 60.5 Å². The number of hydrogen-bond donors (Lipinski definition) is 0. The lowest BCUT2D eigenvalue weighted by Gasteiger charge is -2.25. The van der Waals surface area contributed by atoms with Crippen molar-refractivity contribution >= 4 is 15.7 Å². The molecule has 6 heteroatoms. The highest BCUT2D eigenvalue weighted by Gasteiger charge is 2.26. The number of anilines is 1. The van der Waals surface area contributed by atoms with Crippen molar-refractivity contribution in [3.05, 3.63) is 95.6 Å². The Morgan fingerprint density at radius 1 is 0.846 bits per heavy atom. The summed E-state index contributed by atoms with van der Waals surface area (Å²) in [5.41, 5.74) is 1.80. The van der Waals surface area contributed by atoms with E-state index in [1.165, 1.54) is 36.4 Å². The highest BCUT2D eigenvalue weighted by Crippen LogP contribution is 2.27. The van der Waals surface area contributed by atoms with Gasteiger partial charge in [-0.3, -0.25) is 4.31 Å². The molecular formula is C20H17F2NO2S. The first-order valence-corrected chi connectivity index (χ1v) is 9.40. The van der Waals surface area contributed by atoms with Crippen LogP contribution in [0.3, 0.4) is 0 Å². The molecule has 0 N–H and O–H groups in total. The Bertz CT molecular complexity index is 1040. The quantitative estimate of drug-likeness (QED) is 0.652. The van der Waals surface area contributed by atoms with Crippen LogP contribution in [-0.4, -0.2) is 8.42 Å². The maximum Gasteiger partial charge on any atom is 0.264 e. The fourth-order valence-corrected chi connectivity index (χ4v) is 4.13. The van der Waals surface area contributed by atoms with Gasteiger partial charge in [0, 0.05) is 0 Å². The van der Waals surface area contributed by atoms with E-state index in [0.29, 0.717) is 11.3 Å². The van der Waals surface area contributed by atoms with Gasteiger partial charge in [-0.15, -0.1) is 0 Å². The molecule has 3 nitrogen and oxygen atoms in total. The summed E-state index contributed by atoms with van der Waals surface area (Å²) in [6.07, 6.45) is 0. The number of sulfonamides is 1. The Morgan fingerprint density at radius 3 is 2.15 bits per heavy atom. The summed E-state index contributed by atoms with van der Waals surface area (Å²) in [5.74, 6) is -1.09. The summed E-state index contributed by atoms with van der Waals surface area (Å²) >= 11 is 0. The van der Waals surface area contributed by atoms with Gasteiger partial charge in [0.15, 0.2) is 0 Å². The van der Waals surface area contributed by atoms with Crippen LogP contribution in [0, 0.1) is 18.6 Å². The van der Waals surface area contributed by atoms with E-state index in [9.17, 15) is 17.2 Å². The molecule has 3 aromatic rings. The minimum atomic E-state index is -4.03. The van der Waals surface area contributed by atoms with E-state index >= 15 is 0 Å². The molecule has 0 saturated heterocycles. The normalized spacial score (nSPS) is 11.3. The third kappa shape index (κ3) is 3.91. The molecule has 0 radical (unpaired) electrons. The molecule has 0 aliphatic rings. The van der Waals surface area contributed by atoms with Crippen LogP contribution >= 0.6 is 0 Å². The smallest absolute Gasteiger partial charge is 0.262 e. The van der Waals surface area contributed by atoms with E-state index in [1.807, 2.05) is 13.0 Å². The van der Waals surface area contributed by atoms with Crippen molar-refractivity contribution in [3.8, 4) is 0 Å². The molecular weight excluding hydrogens is 356 g/mol.